The van der Waals surface area contributed by atoms with Crippen LogP contribution in [0.3, 0.4) is 0 Å². The van der Waals surface area contributed by atoms with Crippen LogP contribution in [0.1, 0.15) is 65.7 Å². The molecule has 1 heterocycles. The Labute approximate surface area is 126 Å². The van der Waals surface area contributed by atoms with Crippen molar-refractivity contribution in [2.75, 3.05) is 19.8 Å². The van der Waals surface area contributed by atoms with Gasteiger partial charge in [0.15, 0.2) is 0 Å². The molecular weight excluding hydrogens is 246 g/mol. The second kappa shape index (κ2) is 8.38. The molecule has 0 bridgehead atoms. The van der Waals surface area contributed by atoms with Crippen LogP contribution >= 0.6 is 0 Å². The number of ether oxygens (including phenoxy) is 1. The molecule has 1 saturated carbocycles. The van der Waals surface area contributed by atoms with Gasteiger partial charge >= 0.3 is 0 Å². The van der Waals surface area contributed by atoms with Gasteiger partial charge in [-0.2, -0.15) is 0 Å². The van der Waals surface area contributed by atoms with E-state index in [1.165, 1.54) is 51.5 Å². The predicted octanol–water partition coefficient (Wildman–Crippen LogP) is 4.24. The first-order valence-electron chi connectivity index (χ1n) is 9.03. The Balaban J connectivity index is 1.89. The molecule has 0 amide bonds. The van der Waals surface area contributed by atoms with Gasteiger partial charge in [0.2, 0.25) is 0 Å². The van der Waals surface area contributed by atoms with Gasteiger partial charge in [0.25, 0.3) is 0 Å². The second-order valence-corrected chi connectivity index (χ2v) is 7.38. The highest BCUT2D eigenvalue weighted by Gasteiger charge is 2.33. The smallest absolute Gasteiger partial charge is 0.0509 e. The molecule has 2 fully saturated rings. The summed E-state index contributed by atoms with van der Waals surface area (Å²) in [7, 11) is 0. The van der Waals surface area contributed by atoms with Crippen LogP contribution in [0, 0.1) is 23.7 Å². The maximum atomic E-state index is 5.75. The fourth-order valence-corrected chi connectivity index (χ4v) is 4.25. The topological polar surface area (TPSA) is 21.3 Å². The predicted molar refractivity (Wildman–Crippen MR) is 85.9 cm³/mol. The largest absolute Gasteiger partial charge is 0.381 e. The van der Waals surface area contributed by atoms with Gasteiger partial charge in [-0.15, -0.1) is 0 Å². The highest BCUT2D eigenvalue weighted by atomic mass is 16.5. The van der Waals surface area contributed by atoms with E-state index in [-0.39, 0.29) is 0 Å². The normalized spacial score (nSPS) is 33.3. The summed E-state index contributed by atoms with van der Waals surface area (Å²) in [4.78, 5) is 0. The molecule has 2 aliphatic rings. The highest BCUT2D eigenvalue weighted by Crippen LogP contribution is 2.37. The van der Waals surface area contributed by atoms with E-state index in [0.717, 1.165) is 36.9 Å². The van der Waals surface area contributed by atoms with Crippen molar-refractivity contribution >= 4 is 0 Å². The molecule has 20 heavy (non-hydrogen) atoms. The van der Waals surface area contributed by atoms with Crippen LogP contribution in [-0.4, -0.2) is 25.8 Å². The van der Waals surface area contributed by atoms with Gasteiger partial charge in [-0.3, -0.25) is 0 Å². The highest BCUT2D eigenvalue weighted by molar-refractivity contribution is 4.88. The first-order chi connectivity index (χ1) is 9.72. The third-order valence-electron chi connectivity index (χ3n) is 5.60. The Morgan fingerprint density at radius 2 is 1.70 bits per heavy atom. The lowest BCUT2D eigenvalue weighted by Gasteiger charge is -2.40. The van der Waals surface area contributed by atoms with Crippen molar-refractivity contribution < 1.29 is 4.74 Å². The summed E-state index contributed by atoms with van der Waals surface area (Å²) in [5, 5.41) is 3.87. The monoisotopic (exact) mass is 281 g/mol. The summed E-state index contributed by atoms with van der Waals surface area (Å²) in [6.45, 7) is 10.2. The van der Waals surface area contributed by atoms with Gasteiger partial charge < -0.3 is 10.1 Å². The molecule has 0 aromatic carbocycles. The Hall–Kier alpha value is -0.0800. The van der Waals surface area contributed by atoms with E-state index in [2.05, 4.69) is 26.1 Å². The van der Waals surface area contributed by atoms with Crippen LogP contribution in [-0.2, 0) is 4.74 Å². The van der Waals surface area contributed by atoms with E-state index >= 15 is 0 Å². The summed E-state index contributed by atoms with van der Waals surface area (Å²) in [5.74, 6) is 3.50. The van der Waals surface area contributed by atoms with Crippen molar-refractivity contribution in [1.82, 2.24) is 5.32 Å². The van der Waals surface area contributed by atoms with Crippen LogP contribution in [0.4, 0.5) is 0 Å². The minimum absolute atomic E-state index is 0.711. The Morgan fingerprint density at radius 3 is 2.25 bits per heavy atom. The van der Waals surface area contributed by atoms with E-state index < -0.39 is 0 Å². The summed E-state index contributed by atoms with van der Waals surface area (Å²) in [6, 6.07) is 0.711. The van der Waals surface area contributed by atoms with E-state index in [0.29, 0.717) is 6.04 Å². The maximum absolute atomic E-state index is 5.75. The molecular formula is C18H35NO. The fourth-order valence-electron chi connectivity index (χ4n) is 4.25. The first kappa shape index (κ1) is 16.3. The van der Waals surface area contributed by atoms with Crippen molar-refractivity contribution in [3.8, 4) is 0 Å². The van der Waals surface area contributed by atoms with Gasteiger partial charge in [0, 0.05) is 12.6 Å². The molecule has 0 spiro atoms. The molecule has 1 saturated heterocycles. The lowest BCUT2D eigenvalue weighted by Crippen LogP contribution is -2.46. The van der Waals surface area contributed by atoms with Crippen LogP contribution in [0.5, 0.6) is 0 Å². The number of hydrogen-bond donors (Lipinski definition) is 1. The lowest BCUT2D eigenvalue weighted by molar-refractivity contribution is 0.0213. The molecule has 2 unspecified atom stereocenters. The van der Waals surface area contributed by atoms with E-state index in [4.69, 9.17) is 4.74 Å². The standard InChI is InChI=1S/C18H35NO/c1-4-11-19-18(17-6-5-12-20-13-17)16-9-7-15(8-10-16)14(2)3/h14-19H,4-13H2,1-3H3. The molecule has 2 atom stereocenters. The maximum Gasteiger partial charge on any atom is 0.0509 e. The second-order valence-electron chi connectivity index (χ2n) is 7.38. The number of rotatable bonds is 6. The van der Waals surface area contributed by atoms with Crippen LogP contribution < -0.4 is 5.32 Å². The average Bonchev–Trinajstić information content (AvgIpc) is 2.49. The Bertz CT molecular complexity index is 252. The molecule has 0 radical (unpaired) electrons. The van der Waals surface area contributed by atoms with Crippen LogP contribution in [0.25, 0.3) is 0 Å². The zero-order chi connectivity index (χ0) is 14.4. The SMILES string of the molecule is CCCNC(C1CCC(C(C)C)CC1)C1CCCOC1. The molecule has 0 aromatic heterocycles. The number of nitrogens with one attached hydrogen (secondary N) is 1. The van der Waals surface area contributed by atoms with Gasteiger partial charge in [-0.25, -0.2) is 0 Å². The zero-order valence-corrected chi connectivity index (χ0v) is 13.9. The van der Waals surface area contributed by atoms with E-state index in [1.807, 2.05) is 0 Å². The summed E-state index contributed by atoms with van der Waals surface area (Å²) >= 11 is 0. The number of hydrogen-bond acceptors (Lipinski definition) is 2. The van der Waals surface area contributed by atoms with Crippen molar-refractivity contribution in [2.24, 2.45) is 23.7 Å². The van der Waals surface area contributed by atoms with Crippen molar-refractivity contribution in [3.63, 3.8) is 0 Å². The van der Waals surface area contributed by atoms with Gasteiger partial charge in [-0.1, -0.05) is 20.8 Å². The Kier molecular flexibility index (Phi) is 6.83. The summed E-state index contributed by atoms with van der Waals surface area (Å²) in [6.07, 6.45) is 9.62. The van der Waals surface area contributed by atoms with Gasteiger partial charge in [0.1, 0.15) is 0 Å². The summed E-state index contributed by atoms with van der Waals surface area (Å²) in [5.41, 5.74) is 0. The van der Waals surface area contributed by atoms with Crippen molar-refractivity contribution in [2.45, 2.75) is 71.8 Å². The lowest BCUT2D eigenvalue weighted by atomic mass is 9.71. The summed E-state index contributed by atoms with van der Waals surface area (Å²) < 4.78 is 5.75. The fraction of sp³-hybridized carbons (Fsp3) is 1.00. The van der Waals surface area contributed by atoms with Crippen molar-refractivity contribution in [1.29, 1.82) is 0 Å². The van der Waals surface area contributed by atoms with Crippen molar-refractivity contribution in [3.05, 3.63) is 0 Å². The quantitative estimate of drug-likeness (QED) is 0.786. The van der Waals surface area contributed by atoms with E-state index in [9.17, 15) is 0 Å². The van der Waals surface area contributed by atoms with Crippen LogP contribution in [0.15, 0.2) is 0 Å². The molecule has 1 aliphatic carbocycles. The molecule has 2 heteroatoms. The average molecular weight is 281 g/mol. The molecule has 1 N–H and O–H groups in total. The van der Waals surface area contributed by atoms with Crippen LogP contribution in [0.2, 0.25) is 0 Å². The molecule has 0 aromatic rings. The van der Waals surface area contributed by atoms with Gasteiger partial charge in [-0.05, 0) is 75.2 Å². The molecule has 2 nitrogen and oxygen atoms in total. The van der Waals surface area contributed by atoms with Gasteiger partial charge in [0.05, 0.1) is 6.61 Å². The molecule has 2 rings (SSSR count). The first-order valence-corrected chi connectivity index (χ1v) is 9.03. The zero-order valence-electron chi connectivity index (χ0n) is 13.9. The third-order valence-corrected chi connectivity index (χ3v) is 5.60. The third kappa shape index (κ3) is 4.46. The molecule has 1 aliphatic heterocycles. The molecule has 118 valence electrons. The Morgan fingerprint density at radius 1 is 1.00 bits per heavy atom. The minimum atomic E-state index is 0.711. The minimum Gasteiger partial charge on any atom is -0.381 e. The van der Waals surface area contributed by atoms with E-state index in [1.54, 1.807) is 0 Å².